The minimum Gasteiger partial charge on any atom is -0.321 e. The number of hydrogen-bond acceptors (Lipinski definition) is 3. The zero-order chi connectivity index (χ0) is 19.8. The summed E-state index contributed by atoms with van der Waals surface area (Å²) in [6, 6.07) is 20.1. The van der Waals surface area contributed by atoms with E-state index in [9.17, 15) is 9.59 Å². The molecular formula is C24H23N3O2. The van der Waals surface area contributed by atoms with E-state index in [0.717, 1.165) is 36.0 Å². The van der Waals surface area contributed by atoms with Gasteiger partial charge in [0.05, 0.1) is 0 Å². The third-order valence-corrected chi connectivity index (χ3v) is 6.01. The smallest absolute Gasteiger partial charge is 0.255 e. The number of para-hydroxylation sites is 1. The Bertz CT molecular complexity index is 1140. The molecule has 0 saturated carbocycles. The molecule has 5 rings (SSSR count). The molecule has 2 unspecified atom stereocenters. The van der Waals surface area contributed by atoms with Gasteiger partial charge in [0, 0.05) is 36.3 Å². The number of H-pyrrole nitrogens is 1. The van der Waals surface area contributed by atoms with Crippen LogP contribution in [0.3, 0.4) is 0 Å². The van der Waals surface area contributed by atoms with Gasteiger partial charge in [-0.3, -0.25) is 14.5 Å². The number of hydrogen-bond donors (Lipinski definition) is 1. The van der Waals surface area contributed by atoms with Crippen LogP contribution in [0.2, 0.25) is 0 Å². The topological polar surface area (TPSA) is 56.4 Å². The number of aromatic nitrogens is 1. The third kappa shape index (κ3) is 3.28. The van der Waals surface area contributed by atoms with Crippen LogP contribution in [0.5, 0.6) is 0 Å². The van der Waals surface area contributed by atoms with Crippen LogP contribution in [0.25, 0.3) is 17.0 Å². The minimum atomic E-state index is -0.186. The predicted octanol–water partition coefficient (Wildman–Crippen LogP) is 3.55. The highest BCUT2D eigenvalue weighted by atomic mass is 16.2. The fraction of sp³-hybridized carbons (Fsp3) is 0.250. The Hall–Kier alpha value is -3.18. The molecule has 29 heavy (non-hydrogen) atoms. The lowest BCUT2D eigenvalue weighted by Gasteiger charge is -2.29. The minimum absolute atomic E-state index is 0.0317. The fourth-order valence-electron chi connectivity index (χ4n) is 4.63. The first-order valence-corrected chi connectivity index (χ1v) is 10.1. The molecule has 2 aromatic carbocycles. The molecule has 0 bridgehead atoms. The lowest BCUT2D eigenvalue weighted by Crippen LogP contribution is -2.34. The number of carbonyl (C=O) groups is 1. The normalized spacial score (nSPS) is 21.9. The molecule has 2 fully saturated rings. The summed E-state index contributed by atoms with van der Waals surface area (Å²) in [5, 5.41) is 0.947. The van der Waals surface area contributed by atoms with Crippen LogP contribution in [0.15, 0.2) is 71.5 Å². The molecule has 146 valence electrons. The van der Waals surface area contributed by atoms with Crippen molar-refractivity contribution in [1.82, 2.24) is 14.8 Å². The van der Waals surface area contributed by atoms with E-state index in [1.54, 1.807) is 6.08 Å². The maximum atomic E-state index is 13.1. The summed E-state index contributed by atoms with van der Waals surface area (Å²) in [4.78, 5) is 32.7. The van der Waals surface area contributed by atoms with Gasteiger partial charge in [-0.05, 0) is 42.0 Å². The van der Waals surface area contributed by atoms with Crippen molar-refractivity contribution in [3.05, 3.63) is 88.2 Å². The quantitative estimate of drug-likeness (QED) is 0.702. The summed E-state index contributed by atoms with van der Waals surface area (Å²) in [5.74, 6) is -0.0548. The summed E-state index contributed by atoms with van der Waals surface area (Å²) >= 11 is 0. The van der Waals surface area contributed by atoms with Crippen LogP contribution >= 0.6 is 0 Å². The van der Waals surface area contributed by atoms with E-state index in [1.807, 2.05) is 53.4 Å². The number of amides is 1. The van der Waals surface area contributed by atoms with Gasteiger partial charge in [-0.1, -0.05) is 48.5 Å². The van der Waals surface area contributed by atoms with Gasteiger partial charge in [-0.15, -0.1) is 0 Å². The van der Waals surface area contributed by atoms with Gasteiger partial charge in [-0.25, -0.2) is 0 Å². The Morgan fingerprint density at radius 1 is 1.07 bits per heavy atom. The number of carbonyl (C=O) groups excluding carboxylic acids is 1. The number of nitrogens with one attached hydrogen (secondary N) is 1. The van der Waals surface area contributed by atoms with Crippen LogP contribution in [-0.4, -0.2) is 39.8 Å². The summed E-state index contributed by atoms with van der Waals surface area (Å²) < 4.78 is 0. The Balaban J connectivity index is 1.44. The molecule has 5 nitrogen and oxygen atoms in total. The van der Waals surface area contributed by atoms with Gasteiger partial charge in [0.1, 0.15) is 6.17 Å². The molecule has 2 aliphatic rings. The van der Waals surface area contributed by atoms with Crippen LogP contribution in [0, 0.1) is 0 Å². The molecule has 0 spiro atoms. The van der Waals surface area contributed by atoms with E-state index in [2.05, 4.69) is 22.0 Å². The number of pyridine rings is 1. The van der Waals surface area contributed by atoms with Crippen LogP contribution in [0.4, 0.5) is 0 Å². The maximum absolute atomic E-state index is 13.1. The van der Waals surface area contributed by atoms with E-state index in [4.69, 9.17) is 0 Å². The van der Waals surface area contributed by atoms with Crippen LogP contribution < -0.4 is 5.56 Å². The Kier molecular flexibility index (Phi) is 4.52. The summed E-state index contributed by atoms with van der Waals surface area (Å²) in [6.07, 6.45) is 5.45. The Morgan fingerprint density at radius 2 is 1.86 bits per heavy atom. The number of fused-ring (bicyclic) bond motifs is 2. The van der Waals surface area contributed by atoms with E-state index >= 15 is 0 Å². The molecule has 2 saturated heterocycles. The van der Waals surface area contributed by atoms with Crippen molar-refractivity contribution < 1.29 is 4.79 Å². The first-order chi connectivity index (χ1) is 14.2. The summed E-state index contributed by atoms with van der Waals surface area (Å²) in [5.41, 5.74) is 2.25. The van der Waals surface area contributed by atoms with Gasteiger partial charge in [-0.2, -0.15) is 0 Å². The molecule has 0 radical (unpaired) electrons. The van der Waals surface area contributed by atoms with Gasteiger partial charge in [0.15, 0.2) is 0 Å². The maximum Gasteiger partial charge on any atom is 0.255 e. The highest BCUT2D eigenvalue weighted by Gasteiger charge is 2.43. The molecule has 0 aliphatic carbocycles. The van der Waals surface area contributed by atoms with E-state index in [1.165, 1.54) is 12.5 Å². The molecule has 5 heteroatoms. The average Bonchev–Trinajstić information content (AvgIpc) is 3.34. The second-order valence-corrected chi connectivity index (χ2v) is 7.78. The number of aromatic amines is 1. The van der Waals surface area contributed by atoms with Crippen molar-refractivity contribution in [2.45, 2.75) is 25.0 Å². The SMILES string of the molecule is O=C(/C=C/c1cc2ccccc2[nH]c1=O)N1CC2CCCN2C1c1ccccc1. The molecular weight excluding hydrogens is 362 g/mol. The van der Waals surface area contributed by atoms with Crippen molar-refractivity contribution in [2.75, 3.05) is 13.1 Å². The highest BCUT2D eigenvalue weighted by molar-refractivity contribution is 5.93. The van der Waals surface area contributed by atoms with Crippen LogP contribution in [-0.2, 0) is 4.79 Å². The molecule has 3 heterocycles. The van der Waals surface area contributed by atoms with Crippen LogP contribution in [0.1, 0.15) is 30.1 Å². The van der Waals surface area contributed by atoms with Gasteiger partial charge >= 0.3 is 0 Å². The largest absolute Gasteiger partial charge is 0.321 e. The zero-order valence-electron chi connectivity index (χ0n) is 16.1. The van der Waals surface area contributed by atoms with Crippen molar-refractivity contribution in [1.29, 1.82) is 0 Å². The van der Waals surface area contributed by atoms with E-state index in [0.29, 0.717) is 11.6 Å². The Morgan fingerprint density at radius 3 is 2.72 bits per heavy atom. The number of rotatable bonds is 3. The average molecular weight is 385 g/mol. The lowest BCUT2D eigenvalue weighted by atomic mass is 10.1. The first-order valence-electron chi connectivity index (χ1n) is 10.1. The summed E-state index contributed by atoms with van der Waals surface area (Å²) in [6.45, 7) is 1.75. The van der Waals surface area contributed by atoms with Crippen molar-refractivity contribution >= 4 is 22.9 Å². The standard InChI is InChI=1S/C24H23N3O2/c28-22(13-12-19-15-18-9-4-5-11-21(18)25-23(19)29)27-16-20-10-6-14-26(20)24(27)17-7-2-1-3-8-17/h1-5,7-9,11-13,15,20,24H,6,10,14,16H2,(H,25,29)/b13-12+. The number of benzene rings is 2. The Labute approximate surface area is 169 Å². The molecule has 3 aromatic rings. The molecule has 1 aromatic heterocycles. The van der Waals surface area contributed by atoms with Gasteiger partial charge < -0.3 is 9.88 Å². The van der Waals surface area contributed by atoms with Crippen molar-refractivity contribution in [2.24, 2.45) is 0 Å². The zero-order valence-corrected chi connectivity index (χ0v) is 16.1. The summed E-state index contributed by atoms with van der Waals surface area (Å²) in [7, 11) is 0. The predicted molar refractivity (Wildman–Crippen MR) is 114 cm³/mol. The van der Waals surface area contributed by atoms with Crippen molar-refractivity contribution in [3.63, 3.8) is 0 Å². The van der Waals surface area contributed by atoms with Gasteiger partial charge in [0.25, 0.3) is 5.56 Å². The van der Waals surface area contributed by atoms with Crippen molar-refractivity contribution in [3.8, 4) is 0 Å². The monoisotopic (exact) mass is 385 g/mol. The molecule has 1 amide bonds. The molecule has 2 atom stereocenters. The van der Waals surface area contributed by atoms with Gasteiger partial charge in [0.2, 0.25) is 5.91 Å². The highest BCUT2D eigenvalue weighted by Crippen LogP contribution is 2.38. The second-order valence-electron chi connectivity index (χ2n) is 7.78. The first kappa shape index (κ1) is 17.9. The van der Waals surface area contributed by atoms with E-state index in [-0.39, 0.29) is 17.6 Å². The fourth-order valence-corrected chi connectivity index (χ4v) is 4.63. The number of nitrogens with zero attached hydrogens (tertiary/aromatic N) is 2. The third-order valence-electron chi connectivity index (χ3n) is 6.01. The molecule has 1 N–H and O–H groups in total. The lowest BCUT2D eigenvalue weighted by molar-refractivity contribution is -0.128. The second kappa shape index (κ2) is 7.33. The molecule has 2 aliphatic heterocycles. The van der Waals surface area contributed by atoms with E-state index < -0.39 is 0 Å².